The Kier molecular flexibility index (Phi) is 7.20. The second kappa shape index (κ2) is 9.19. The molecule has 1 heterocycles. The predicted octanol–water partition coefficient (Wildman–Crippen LogP) is 2.96. The van der Waals surface area contributed by atoms with Crippen LogP contribution in [-0.2, 0) is 13.1 Å². The van der Waals surface area contributed by atoms with Gasteiger partial charge in [0.2, 0.25) is 0 Å². The van der Waals surface area contributed by atoms with Gasteiger partial charge < -0.3 is 10.2 Å². The van der Waals surface area contributed by atoms with Gasteiger partial charge in [-0.15, -0.1) is 0 Å². The molecule has 2 rings (SSSR count). The maximum atomic E-state index is 3.37. The Hall–Kier alpha value is -0.900. The number of hydrogen-bond donors (Lipinski definition) is 1. The minimum Gasteiger partial charge on any atom is -0.313 e. The van der Waals surface area contributed by atoms with Crippen molar-refractivity contribution in [3.05, 3.63) is 35.4 Å². The molecular weight excluding hydrogens is 258 g/mol. The summed E-state index contributed by atoms with van der Waals surface area (Å²) < 4.78 is 0. The van der Waals surface area contributed by atoms with Gasteiger partial charge in [0.1, 0.15) is 0 Å². The van der Waals surface area contributed by atoms with Gasteiger partial charge in [0.15, 0.2) is 0 Å². The van der Waals surface area contributed by atoms with Crippen LogP contribution >= 0.6 is 0 Å². The Balaban J connectivity index is 0.00000242. The van der Waals surface area contributed by atoms with Gasteiger partial charge >= 0.3 is 0 Å². The lowest BCUT2D eigenvalue weighted by molar-refractivity contribution is 0.126. The van der Waals surface area contributed by atoms with Crippen molar-refractivity contribution < 1.29 is 1.43 Å². The zero-order valence-corrected chi connectivity index (χ0v) is 13.8. The summed E-state index contributed by atoms with van der Waals surface area (Å²) >= 11 is 0. The highest BCUT2D eigenvalue weighted by Gasteiger charge is 2.16. The largest absolute Gasteiger partial charge is 0.313 e. The van der Waals surface area contributed by atoms with Crippen LogP contribution in [0.2, 0.25) is 0 Å². The molecule has 0 aromatic heterocycles. The highest BCUT2D eigenvalue weighted by Crippen LogP contribution is 2.10. The summed E-state index contributed by atoms with van der Waals surface area (Å²) in [5.41, 5.74) is 2.82. The van der Waals surface area contributed by atoms with E-state index in [2.05, 4.69) is 53.2 Å². The second-order valence-electron chi connectivity index (χ2n) is 6.07. The van der Waals surface area contributed by atoms with Crippen LogP contribution in [0.5, 0.6) is 0 Å². The molecule has 120 valence electrons. The van der Waals surface area contributed by atoms with Crippen molar-refractivity contribution in [2.45, 2.75) is 39.8 Å². The molecule has 0 amide bonds. The number of nitrogens with zero attached hydrogens (tertiary/aromatic N) is 2. The van der Waals surface area contributed by atoms with Crippen LogP contribution in [0, 0.1) is 0 Å². The van der Waals surface area contributed by atoms with Gasteiger partial charge in [0, 0.05) is 40.7 Å². The van der Waals surface area contributed by atoms with Gasteiger partial charge in [-0.3, -0.25) is 4.90 Å². The molecule has 21 heavy (non-hydrogen) atoms. The molecule has 1 aromatic carbocycles. The van der Waals surface area contributed by atoms with Crippen LogP contribution in [-0.4, -0.2) is 49.1 Å². The molecule has 1 aliphatic rings. The van der Waals surface area contributed by atoms with Gasteiger partial charge in [-0.25, -0.2) is 0 Å². The number of nitrogens with one attached hydrogen (secondary N) is 1. The molecule has 0 bridgehead atoms. The summed E-state index contributed by atoms with van der Waals surface area (Å²) in [5, 5.41) is 3.37. The molecule has 1 fully saturated rings. The Morgan fingerprint density at radius 2 is 1.57 bits per heavy atom. The summed E-state index contributed by atoms with van der Waals surface area (Å²) in [6.45, 7) is 13.7. The summed E-state index contributed by atoms with van der Waals surface area (Å²) in [6.07, 6.45) is 2.65. The third-order valence-corrected chi connectivity index (χ3v) is 4.30. The highest BCUT2D eigenvalue weighted by atomic mass is 15.3. The Bertz CT molecular complexity index is 386. The monoisotopic (exact) mass is 291 g/mol. The van der Waals surface area contributed by atoms with Gasteiger partial charge in [-0.05, 0) is 30.6 Å². The number of hydrogen-bond acceptors (Lipinski definition) is 3. The normalized spacial score (nSPS) is 17.2. The number of benzene rings is 1. The highest BCUT2D eigenvalue weighted by molar-refractivity contribution is 5.22. The van der Waals surface area contributed by atoms with Gasteiger partial charge in [0.25, 0.3) is 0 Å². The molecule has 1 N–H and O–H groups in total. The Labute approximate surface area is 131 Å². The van der Waals surface area contributed by atoms with E-state index in [1.165, 1.54) is 56.7 Å². The fourth-order valence-electron chi connectivity index (χ4n) is 2.84. The lowest BCUT2D eigenvalue weighted by Crippen LogP contribution is -2.46. The average Bonchev–Trinajstić information content (AvgIpc) is 2.53. The van der Waals surface area contributed by atoms with E-state index in [0.717, 1.165) is 19.6 Å². The fraction of sp³-hybridized carbons (Fsp3) is 0.667. The minimum atomic E-state index is 0. The van der Waals surface area contributed by atoms with E-state index in [0.29, 0.717) is 0 Å². The summed E-state index contributed by atoms with van der Waals surface area (Å²) in [4.78, 5) is 5.20. The fourth-order valence-corrected chi connectivity index (χ4v) is 2.84. The first-order valence-corrected chi connectivity index (χ1v) is 8.55. The average molecular weight is 291 g/mol. The number of rotatable bonds is 8. The van der Waals surface area contributed by atoms with E-state index >= 15 is 0 Å². The third-order valence-electron chi connectivity index (χ3n) is 4.30. The Morgan fingerprint density at radius 1 is 0.952 bits per heavy atom. The first-order valence-electron chi connectivity index (χ1n) is 8.55. The van der Waals surface area contributed by atoms with Crippen LogP contribution in [0.15, 0.2) is 24.3 Å². The summed E-state index contributed by atoms with van der Waals surface area (Å²) in [5.74, 6) is 0. The van der Waals surface area contributed by atoms with Gasteiger partial charge in [-0.2, -0.15) is 0 Å². The van der Waals surface area contributed by atoms with Crippen molar-refractivity contribution in [1.29, 1.82) is 0 Å². The van der Waals surface area contributed by atoms with Crippen LogP contribution in [0.25, 0.3) is 0 Å². The maximum absolute atomic E-state index is 3.37. The van der Waals surface area contributed by atoms with Crippen molar-refractivity contribution in [1.82, 2.24) is 15.1 Å². The Morgan fingerprint density at radius 3 is 2.19 bits per heavy atom. The van der Waals surface area contributed by atoms with Crippen LogP contribution in [0.3, 0.4) is 0 Å². The third kappa shape index (κ3) is 5.77. The summed E-state index contributed by atoms with van der Waals surface area (Å²) in [6, 6.07) is 9.09. The second-order valence-corrected chi connectivity index (χ2v) is 6.07. The van der Waals surface area contributed by atoms with Gasteiger partial charge in [-0.1, -0.05) is 44.5 Å². The molecule has 0 aliphatic carbocycles. The van der Waals surface area contributed by atoms with E-state index < -0.39 is 0 Å². The van der Waals surface area contributed by atoms with Crippen LogP contribution in [0.1, 0.15) is 39.2 Å². The molecule has 0 unspecified atom stereocenters. The molecule has 1 aromatic rings. The van der Waals surface area contributed by atoms with Crippen LogP contribution in [0.4, 0.5) is 0 Å². The van der Waals surface area contributed by atoms with E-state index in [1.807, 2.05) is 0 Å². The molecule has 0 radical (unpaired) electrons. The molecule has 1 aliphatic heterocycles. The summed E-state index contributed by atoms with van der Waals surface area (Å²) in [7, 11) is 0. The zero-order valence-electron chi connectivity index (χ0n) is 13.8. The van der Waals surface area contributed by atoms with E-state index in [9.17, 15) is 0 Å². The standard InChI is InChI=1S/C18H31N3.H2/c1-3-5-10-20-11-13-21(14-12-20)16-18-8-6-17(7-9-18)15-19-4-2;/h6-9,19H,3-5,10-16H2,1-2H3;1H. The SMILES string of the molecule is CCCCN1CCN(Cc2ccc(CNCC)cc2)CC1.[HH]. The number of piperazine rings is 1. The predicted molar refractivity (Wildman–Crippen MR) is 92.6 cm³/mol. The molecule has 0 saturated carbocycles. The van der Waals surface area contributed by atoms with Crippen molar-refractivity contribution >= 4 is 0 Å². The van der Waals surface area contributed by atoms with Crippen molar-refractivity contribution in [2.24, 2.45) is 0 Å². The maximum Gasteiger partial charge on any atom is 0.0234 e. The number of unbranched alkanes of at least 4 members (excludes halogenated alkanes) is 1. The molecule has 0 spiro atoms. The first kappa shape index (κ1) is 16.5. The smallest absolute Gasteiger partial charge is 0.0234 e. The lowest BCUT2D eigenvalue weighted by atomic mass is 10.1. The first-order chi connectivity index (χ1) is 10.3. The minimum absolute atomic E-state index is 0. The molecule has 0 atom stereocenters. The quantitative estimate of drug-likeness (QED) is 0.794. The van der Waals surface area contributed by atoms with E-state index in [-0.39, 0.29) is 1.43 Å². The topological polar surface area (TPSA) is 18.5 Å². The molecule has 3 heteroatoms. The van der Waals surface area contributed by atoms with Crippen LogP contribution < -0.4 is 5.32 Å². The van der Waals surface area contributed by atoms with E-state index in [4.69, 9.17) is 0 Å². The van der Waals surface area contributed by atoms with Crippen molar-refractivity contribution in [2.75, 3.05) is 39.3 Å². The van der Waals surface area contributed by atoms with E-state index in [1.54, 1.807) is 0 Å². The zero-order chi connectivity index (χ0) is 14.9. The molecule has 3 nitrogen and oxygen atoms in total. The molecule has 1 saturated heterocycles. The molecular formula is C18H33N3. The lowest BCUT2D eigenvalue weighted by Gasteiger charge is -2.34. The van der Waals surface area contributed by atoms with Crippen molar-refractivity contribution in [3.63, 3.8) is 0 Å². The van der Waals surface area contributed by atoms with Crippen molar-refractivity contribution in [3.8, 4) is 0 Å². The van der Waals surface area contributed by atoms with Gasteiger partial charge in [0.05, 0.1) is 0 Å².